The zero-order valence-corrected chi connectivity index (χ0v) is 19.8. The summed E-state index contributed by atoms with van der Waals surface area (Å²) >= 11 is 0. The highest BCUT2D eigenvalue weighted by molar-refractivity contribution is 5.86. The lowest BCUT2D eigenvalue weighted by molar-refractivity contribution is -0.148. The number of carbonyl (C=O) groups is 2. The average molecular weight is 463 g/mol. The largest absolute Gasteiger partial charge is 0.465 e. The monoisotopic (exact) mass is 462 g/mol. The van der Waals surface area contributed by atoms with Gasteiger partial charge in [-0.25, -0.2) is 9.78 Å². The van der Waals surface area contributed by atoms with Gasteiger partial charge in [0.15, 0.2) is 0 Å². The van der Waals surface area contributed by atoms with Crippen LogP contribution in [0.2, 0.25) is 0 Å². The number of carboxylic acid groups (broad SMARTS) is 1. The molecule has 1 saturated heterocycles. The Balaban J connectivity index is 1.63. The molecule has 178 valence electrons. The summed E-state index contributed by atoms with van der Waals surface area (Å²) in [5, 5.41) is 21.2. The number of carbonyl (C=O) groups excluding carboxylic acids is 1. The molecule has 1 aromatic carbocycles. The molecule has 3 aromatic rings. The summed E-state index contributed by atoms with van der Waals surface area (Å²) in [7, 11) is 0. The minimum Gasteiger partial charge on any atom is -0.465 e. The number of hydrogen-bond acceptors (Lipinski definition) is 4. The number of nitrogens with one attached hydrogen (secondary N) is 1. The summed E-state index contributed by atoms with van der Waals surface area (Å²) in [5.74, 6) is -0.313. The van der Waals surface area contributed by atoms with E-state index >= 15 is 0 Å². The lowest BCUT2D eigenvalue weighted by Gasteiger charge is -2.36. The number of amides is 2. The van der Waals surface area contributed by atoms with Gasteiger partial charge in [-0.2, -0.15) is 0 Å². The summed E-state index contributed by atoms with van der Waals surface area (Å²) in [4.78, 5) is 35.7. The molecule has 0 spiro atoms. The predicted octanol–water partition coefficient (Wildman–Crippen LogP) is 4.01. The van der Waals surface area contributed by atoms with Crippen molar-refractivity contribution in [1.29, 1.82) is 0 Å². The van der Waals surface area contributed by atoms with Crippen LogP contribution in [0.1, 0.15) is 55.0 Å². The Morgan fingerprint density at radius 1 is 1.18 bits per heavy atom. The van der Waals surface area contributed by atoms with Gasteiger partial charge in [0.2, 0.25) is 0 Å². The zero-order chi connectivity index (χ0) is 24.2. The summed E-state index contributed by atoms with van der Waals surface area (Å²) in [6, 6.07) is 6.09. The van der Waals surface area contributed by atoms with Crippen LogP contribution in [0.25, 0.3) is 22.2 Å². The molecule has 2 aliphatic heterocycles. The molecule has 2 aromatic heterocycles. The normalized spacial score (nSPS) is 18.4. The van der Waals surface area contributed by atoms with Crippen LogP contribution in [-0.4, -0.2) is 60.7 Å². The third kappa shape index (κ3) is 3.81. The van der Waals surface area contributed by atoms with Crippen LogP contribution in [-0.2, 0) is 17.8 Å². The highest BCUT2D eigenvalue weighted by Crippen LogP contribution is 2.40. The van der Waals surface area contributed by atoms with Gasteiger partial charge >= 0.3 is 6.09 Å². The van der Waals surface area contributed by atoms with E-state index in [1.165, 1.54) is 18.7 Å². The highest BCUT2D eigenvalue weighted by Gasteiger charge is 2.36. The molecule has 2 aliphatic rings. The van der Waals surface area contributed by atoms with Gasteiger partial charge < -0.3 is 25.0 Å². The van der Waals surface area contributed by atoms with Gasteiger partial charge in [0.1, 0.15) is 11.2 Å². The average Bonchev–Trinajstić information content (AvgIpc) is 3.44. The number of pyridine rings is 1. The number of likely N-dealkylation sites (tertiary alicyclic amines) is 1. The molecule has 1 atom stereocenters. The van der Waals surface area contributed by atoms with Crippen LogP contribution < -0.4 is 0 Å². The fourth-order valence-corrected chi connectivity index (χ4v) is 5.33. The Hall–Kier alpha value is -3.39. The van der Waals surface area contributed by atoms with Gasteiger partial charge in [-0.05, 0) is 80.0 Å². The van der Waals surface area contributed by atoms with E-state index in [1.807, 2.05) is 19.3 Å². The molecular weight excluding hydrogens is 432 g/mol. The second-order valence-corrected chi connectivity index (χ2v) is 9.96. The van der Waals surface area contributed by atoms with Crippen LogP contribution in [0, 0.1) is 6.92 Å². The fraction of sp³-hybridized carbons (Fsp3) is 0.423. The number of benzene rings is 1. The Morgan fingerprint density at radius 2 is 1.97 bits per heavy atom. The molecule has 0 bridgehead atoms. The molecule has 0 radical (unpaired) electrons. The van der Waals surface area contributed by atoms with Crippen molar-refractivity contribution in [3.63, 3.8) is 0 Å². The van der Waals surface area contributed by atoms with E-state index in [0.29, 0.717) is 26.1 Å². The first-order chi connectivity index (χ1) is 16.1. The maximum absolute atomic E-state index is 12.8. The van der Waals surface area contributed by atoms with Gasteiger partial charge in [0.25, 0.3) is 5.91 Å². The van der Waals surface area contributed by atoms with Crippen LogP contribution in [0.4, 0.5) is 4.79 Å². The molecule has 5 rings (SSSR count). The van der Waals surface area contributed by atoms with Gasteiger partial charge in [-0.1, -0.05) is 6.07 Å². The van der Waals surface area contributed by atoms with Crippen molar-refractivity contribution < 1.29 is 19.8 Å². The standard InChI is InChI=1S/C26H30N4O4/c1-15-12-27-23-19(15)11-18(13-28-23)17-9-16-6-8-29(24(31)26(2,3)34)14-21(16)20(10-17)22-5-4-7-30(22)25(32)33/h9-13,22,34H,4-8,14H2,1-3H3,(H,27,28)(H,32,33). The third-order valence-corrected chi connectivity index (χ3v) is 7.12. The SMILES string of the molecule is Cc1c[nH]c2ncc(-c3cc4c(c(C5CCCN5C(=O)O)c3)CN(C(=O)C(C)(C)O)CC4)cc12. The van der Waals surface area contributed by atoms with E-state index < -0.39 is 11.7 Å². The first kappa shape index (κ1) is 22.4. The van der Waals surface area contributed by atoms with Crippen molar-refractivity contribution >= 4 is 23.0 Å². The van der Waals surface area contributed by atoms with Crippen molar-refractivity contribution in [2.45, 2.75) is 58.2 Å². The van der Waals surface area contributed by atoms with Crippen LogP contribution in [0.15, 0.2) is 30.6 Å². The van der Waals surface area contributed by atoms with Crippen LogP contribution >= 0.6 is 0 Å². The van der Waals surface area contributed by atoms with Gasteiger partial charge in [0, 0.05) is 43.0 Å². The number of aliphatic hydroxyl groups is 1. The Kier molecular flexibility index (Phi) is 5.36. The van der Waals surface area contributed by atoms with Crippen molar-refractivity contribution in [2.75, 3.05) is 13.1 Å². The van der Waals surface area contributed by atoms with Crippen molar-refractivity contribution in [3.8, 4) is 11.1 Å². The van der Waals surface area contributed by atoms with Gasteiger partial charge in [0.05, 0.1) is 6.04 Å². The van der Waals surface area contributed by atoms with E-state index in [9.17, 15) is 19.8 Å². The number of aryl methyl sites for hydroxylation is 1. The number of nitrogens with zero attached hydrogens (tertiary/aromatic N) is 3. The lowest BCUT2D eigenvalue weighted by atomic mass is 9.86. The molecule has 3 N–H and O–H groups in total. The third-order valence-electron chi connectivity index (χ3n) is 7.12. The Labute approximate surface area is 198 Å². The van der Waals surface area contributed by atoms with E-state index in [4.69, 9.17) is 0 Å². The second kappa shape index (κ2) is 8.13. The quantitative estimate of drug-likeness (QED) is 0.545. The summed E-state index contributed by atoms with van der Waals surface area (Å²) in [5.41, 5.74) is 5.56. The van der Waals surface area contributed by atoms with Crippen molar-refractivity contribution in [2.24, 2.45) is 0 Å². The van der Waals surface area contributed by atoms with Crippen LogP contribution in [0.5, 0.6) is 0 Å². The topological polar surface area (TPSA) is 110 Å². The maximum atomic E-state index is 12.8. The number of rotatable bonds is 3. The molecule has 2 amide bonds. The lowest BCUT2D eigenvalue weighted by Crippen LogP contribution is -2.47. The molecule has 0 aliphatic carbocycles. The van der Waals surface area contributed by atoms with Crippen molar-refractivity contribution in [3.05, 3.63) is 52.8 Å². The zero-order valence-electron chi connectivity index (χ0n) is 19.8. The first-order valence-electron chi connectivity index (χ1n) is 11.7. The Bertz CT molecular complexity index is 1290. The number of aromatic amines is 1. The summed E-state index contributed by atoms with van der Waals surface area (Å²) < 4.78 is 0. The first-order valence-corrected chi connectivity index (χ1v) is 11.7. The predicted molar refractivity (Wildman–Crippen MR) is 128 cm³/mol. The molecule has 4 heterocycles. The van der Waals surface area contributed by atoms with Crippen molar-refractivity contribution in [1.82, 2.24) is 19.8 Å². The molecule has 8 nitrogen and oxygen atoms in total. The molecule has 1 unspecified atom stereocenters. The molecule has 1 fully saturated rings. The van der Waals surface area contributed by atoms with E-state index in [2.05, 4.69) is 28.2 Å². The number of hydrogen-bond donors (Lipinski definition) is 3. The molecule has 34 heavy (non-hydrogen) atoms. The van der Waals surface area contributed by atoms with Gasteiger partial charge in [-0.3, -0.25) is 4.79 Å². The smallest absolute Gasteiger partial charge is 0.407 e. The van der Waals surface area contributed by atoms with E-state index in [1.54, 1.807) is 4.90 Å². The minimum absolute atomic E-state index is 0.255. The summed E-state index contributed by atoms with van der Waals surface area (Å²) in [6.45, 7) is 6.43. The van der Waals surface area contributed by atoms with Crippen LogP contribution in [0.3, 0.4) is 0 Å². The molecule has 8 heteroatoms. The Morgan fingerprint density at radius 3 is 2.71 bits per heavy atom. The van der Waals surface area contributed by atoms with E-state index in [-0.39, 0.29) is 11.9 Å². The minimum atomic E-state index is -1.45. The van der Waals surface area contributed by atoms with Gasteiger partial charge in [-0.15, -0.1) is 0 Å². The second-order valence-electron chi connectivity index (χ2n) is 9.96. The number of fused-ring (bicyclic) bond motifs is 2. The molecular formula is C26H30N4O4. The fourth-order valence-electron chi connectivity index (χ4n) is 5.33. The number of H-pyrrole nitrogens is 1. The number of aromatic nitrogens is 2. The van der Waals surface area contributed by atoms with E-state index in [0.717, 1.165) is 57.3 Å². The molecule has 0 saturated carbocycles. The maximum Gasteiger partial charge on any atom is 0.407 e. The highest BCUT2D eigenvalue weighted by atomic mass is 16.4. The summed E-state index contributed by atoms with van der Waals surface area (Å²) in [6.07, 6.45) is 5.07.